The highest BCUT2D eigenvalue weighted by atomic mass is 79.9. The third kappa shape index (κ3) is 8.81. The van der Waals surface area contributed by atoms with E-state index in [0.717, 1.165) is 53.7 Å². The van der Waals surface area contributed by atoms with Gasteiger partial charge in [0.05, 0.1) is 40.5 Å². The number of fused-ring (bicyclic) bond motifs is 2. The van der Waals surface area contributed by atoms with Gasteiger partial charge in [-0.2, -0.15) is 0 Å². The molecule has 2 atom stereocenters. The molecule has 0 bridgehead atoms. The van der Waals surface area contributed by atoms with E-state index in [0.29, 0.717) is 13.1 Å². The molecule has 6 aromatic carbocycles. The summed E-state index contributed by atoms with van der Waals surface area (Å²) in [7, 11) is 5.25. The van der Waals surface area contributed by atoms with Crippen LogP contribution in [0.15, 0.2) is 167 Å². The van der Waals surface area contributed by atoms with Crippen molar-refractivity contribution >= 4 is 67.1 Å². The minimum Gasteiger partial charge on any atom is -0.468 e. The topological polar surface area (TPSA) is 112 Å². The lowest BCUT2D eigenvalue weighted by molar-refractivity contribution is -0.173. The second-order valence-electron chi connectivity index (χ2n) is 15.7. The number of hydrogen-bond donors (Lipinski definition) is 0. The highest BCUT2D eigenvalue weighted by Gasteiger charge is 2.61. The number of carbonyl (C=O) groups excluding carboxylic acids is 4. The molecule has 2 aliphatic heterocycles. The largest absolute Gasteiger partial charge is 0.468 e. The lowest BCUT2D eigenvalue weighted by Gasteiger charge is -2.48. The van der Waals surface area contributed by atoms with Crippen LogP contribution in [0.1, 0.15) is 45.5 Å². The highest BCUT2D eigenvalue weighted by molar-refractivity contribution is 9.10. The van der Waals surface area contributed by atoms with Gasteiger partial charge in [0.2, 0.25) is 0 Å². The predicted octanol–water partition coefficient (Wildman–Crippen LogP) is 10.2. The monoisotopic (exact) mass is 986 g/mol. The summed E-state index contributed by atoms with van der Waals surface area (Å²) in [5, 5.41) is 0. The molecule has 0 aliphatic carbocycles. The highest BCUT2D eigenvalue weighted by Crippen LogP contribution is 2.53. The van der Waals surface area contributed by atoms with Crippen LogP contribution in [0.3, 0.4) is 0 Å². The molecular weight excluding hydrogens is 940 g/mol. The Morgan fingerprint density at radius 3 is 1.06 bits per heavy atom. The molecule has 2 aliphatic rings. The minimum atomic E-state index is -1.56. The van der Waals surface area contributed by atoms with Gasteiger partial charge in [-0.15, -0.1) is 0 Å². The summed E-state index contributed by atoms with van der Waals surface area (Å²) in [4.78, 5) is 57.8. The molecule has 0 aromatic heterocycles. The average molecular weight is 989 g/mol. The fourth-order valence-corrected chi connectivity index (χ4v) is 9.95. The fourth-order valence-electron chi connectivity index (χ4n) is 9.26. The Labute approximate surface area is 390 Å². The lowest BCUT2D eigenvalue weighted by Crippen LogP contribution is -2.56. The molecule has 6 aromatic rings. The van der Waals surface area contributed by atoms with Crippen LogP contribution in [0, 0.1) is 10.8 Å². The molecule has 0 saturated carbocycles. The molecule has 328 valence electrons. The number of benzene rings is 6. The van der Waals surface area contributed by atoms with Crippen LogP contribution < -0.4 is 9.80 Å². The van der Waals surface area contributed by atoms with Crippen molar-refractivity contribution < 1.29 is 38.1 Å². The standard InChI is InChI=1S/2C26H24BrNO4/c2*1-31-24(29)26(25(30)32-2)16-20-13-14-21(27)15-22(20)28(17-18-9-5-3-6-10-18)23(26)19-11-7-4-8-12-19/h2*3-15,23H,16-17H2,1-2H3/t2*23-/m00/s1. The van der Waals surface area contributed by atoms with Gasteiger partial charge in [-0.25, -0.2) is 0 Å². The van der Waals surface area contributed by atoms with E-state index in [1.165, 1.54) is 28.4 Å². The van der Waals surface area contributed by atoms with Crippen LogP contribution in [0.2, 0.25) is 0 Å². The molecule has 0 spiro atoms. The van der Waals surface area contributed by atoms with Crippen LogP contribution in [0.25, 0.3) is 0 Å². The normalized spacial score (nSPS) is 16.7. The van der Waals surface area contributed by atoms with Gasteiger partial charge in [0.15, 0.2) is 10.8 Å². The van der Waals surface area contributed by atoms with Gasteiger partial charge in [-0.1, -0.05) is 165 Å². The fraction of sp³-hybridized carbons (Fsp3) is 0.231. The van der Waals surface area contributed by atoms with Gasteiger partial charge in [-0.05, 0) is 57.6 Å². The van der Waals surface area contributed by atoms with Gasteiger partial charge < -0.3 is 28.7 Å². The van der Waals surface area contributed by atoms with E-state index in [-0.39, 0.29) is 12.8 Å². The number of halogens is 2. The van der Waals surface area contributed by atoms with E-state index in [2.05, 4.69) is 41.7 Å². The van der Waals surface area contributed by atoms with Gasteiger partial charge in [0.25, 0.3) is 0 Å². The molecule has 2 heterocycles. The van der Waals surface area contributed by atoms with Crippen molar-refractivity contribution in [3.63, 3.8) is 0 Å². The van der Waals surface area contributed by atoms with Gasteiger partial charge in [-0.3, -0.25) is 19.2 Å². The van der Waals surface area contributed by atoms with Crippen molar-refractivity contribution in [3.05, 3.63) is 200 Å². The summed E-state index contributed by atoms with van der Waals surface area (Å²) in [5.41, 5.74) is 4.37. The number of carbonyl (C=O) groups is 4. The molecular formula is C52H48Br2N2O8. The molecule has 0 fully saturated rings. The van der Waals surface area contributed by atoms with Gasteiger partial charge >= 0.3 is 23.9 Å². The van der Waals surface area contributed by atoms with E-state index >= 15 is 0 Å². The predicted molar refractivity (Wildman–Crippen MR) is 252 cm³/mol. The Hall–Kier alpha value is -6.24. The Morgan fingerprint density at radius 1 is 0.469 bits per heavy atom. The third-order valence-electron chi connectivity index (χ3n) is 12.0. The molecule has 0 unspecified atom stereocenters. The second-order valence-corrected chi connectivity index (χ2v) is 17.5. The Morgan fingerprint density at radius 2 is 0.766 bits per heavy atom. The van der Waals surface area contributed by atoms with E-state index in [1.807, 2.05) is 158 Å². The Bertz CT molecular complexity index is 2380. The lowest BCUT2D eigenvalue weighted by atomic mass is 9.68. The summed E-state index contributed by atoms with van der Waals surface area (Å²) in [5.74, 6) is -2.43. The summed E-state index contributed by atoms with van der Waals surface area (Å²) >= 11 is 7.17. The first-order valence-electron chi connectivity index (χ1n) is 20.6. The molecule has 0 saturated heterocycles. The molecule has 10 nitrogen and oxygen atoms in total. The van der Waals surface area contributed by atoms with E-state index < -0.39 is 46.8 Å². The van der Waals surface area contributed by atoms with Crippen LogP contribution >= 0.6 is 31.9 Å². The zero-order valence-electron chi connectivity index (χ0n) is 35.9. The molecule has 8 rings (SSSR count). The van der Waals surface area contributed by atoms with E-state index in [1.54, 1.807) is 0 Å². The quantitative estimate of drug-likeness (QED) is 0.0747. The van der Waals surface area contributed by atoms with Crippen LogP contribution in [-0.4, -0.2) is 52.3 Å². The zero-order valence-corrected chi connectivity index (χ0v) is 39.1. The number of esters is 4. The summed E-state index contributed by atoms with van der Waals surface area (Å²) in [6.07, 6.45) is 0.361. The maximum Gasteiger partial charge on any atom is 0.326 e. The van der Waals surface area contributed by atoms with E-state index in [9.17, 15) is 19.2 Å². The van der Waals surface area contributed by atoms with Crippen molar-refractivity contribution in [1.29, 1.82) is 0 Å². The van der Waals surface area contributed by atoms with Crippen molar-refractivity contribution in [1.82, 2.24) is 0 Å². The number of methoxy groups -OCH3 is 4. The maximum atomic E-state index is 13.4. The smallest absolute Gasteiger partial charge is 0.326 e. The SMILES string of the molecule is COC(=O)C1(C(=O)OC)Cc2ccc(Br)cc2N(Cc2ccccc2)[C@H]1c1ccccc1.COC(=O)C1(C(=O)OC)Cc2ccc(Br)cc2N(Cc2ccccc2)[C@H]1c1ccccc1. The number of hydrogen-bond acceptors (Lipinski definition) is 10. The number of ether oxygens (including phenoxy) is 4. The molecule has 64 heavy (non-hydrogen) atoms. The number of anilines is 2. The van der Waals surface area contributed by atoms with Crippen molar-refractivity contribution in [2.75, 3.05) is 38.2 Å². The summed E-state index contributed by atoms with van der Waals surface area (Å²) in [6, 6.07) is 49.7. The average Bonchev–Trinajstić information content (AvgIpc) is 3.34. The van der Waals surface area contributed by atoms with Crippen molar-refractivity contribution in [2.45, 2.75) is 38.0 Å². The van der Waals surface area contributed by atoms with Crippen molar-refractivity contribution in [3.8, 4) is 0 Å². The minimum absolute atomic E-state index is 0.180. The first-order chi connectivity index (χ1) is 31.0. The molecule has 0 N–H and O–H groups in total. The number of rotatable bonds is 10. The van der Waals surface area contributed by atoms with Crippen LogP contribution in [-0.2, 0) is 64.1 Å². The van der Waals surface area contributed by atoms with Crippen LogP contribution in [0.4, 0.5) is 11.4 Å². The van der Waals surface area contributed by atoms with Crippen LogP contribution in [0.5, 0.6) is 0 Å². The Balaban J connectivity index is 0.000000191. The molecule has 0 amide bonds. The molecule has 0 radical (unpaired) electrons. The Kier molecular flexibility index (Phi) is 14.4. The van der Waals surface area contributed by atoms with Gasteiger partial charge in [0.1, 0.15) is 0 Å². The van der Waals surface area contributed by atoms with E-state index in [4.69, 9.17) is 18.9 Å². The second kappa shape index (κ2) is 20.1. The first-order valence-corrected chi connectivity index (χ1v) is 22.2. The first kappa shape index (κ1) is 45.8. The van der Waals surface area contributed by atoms with Crippen molar-refractivity contribution in [2.24, 2.45) is 10.8 Å². The molecule has 12 heteroatoms. The number of nitrogens with zero attached hydrogens (tertiary/aromatic N) is 2. The third-order valence-corrected chi connectivity index (χ3v) is 13.0. The zero-order chi connectivity index (χ0) is 45.4. The van der Waals surface area contributed by atoms with Gasteiger partial charge in [0, 0.05) is 46.3 Å². The maximum absolute atomic E-state index is 13.4. The summed E-state index contributed by atoms with van der Waals surface area (Å²) in [6.45, 7) is 0.999. The summed E-state index contributed by atoms with van der Waals surface area (Å²) < 4.78 is 22.8.